The normalized spacial score (nSPS) is 26.7. The minimum Gasteiger partial charge on any atom is -0.452 e. The minimum absolute atomic E-state index is 0.0256. The quantitative estimate of drug-likeness (QED) is 0.0459. The fourth-order valence-corrected chi connectivity index (χ4v) is 16.2. The van der Waals surface area contributed by atoms with Crippen LogP contribution in [-0.4, -0.2) is 210 Å². The third-order valence-electron chi connectivity index (χ3n) is 19.6. The monoisotopic (exact) mass is 1490 g/mol. The van der Waals surface area contributed by atoms with Crippen molar-refractivity contribution in [2.45, 2.75) is 200 Å². The SMILES string of the molecule is C=C[C@@H]1C[C@]1(NC(=O)[C@@H]1C[C@@H](OC(=O)N2Cc3cccc(F)c3C2)CN1C(=O)CNC(=O)[C@H]1CCC(=O)O1)C(=O)NS(=O)(=O)C1CC1.C=C[C@H]1C[C@]1(NC(=O)[C@@H]1C[C@@H](OC(=O)N2Cc3cccc(F)c3C2)CN1C(=O)[C@H](CCNC(=O)[C@@H]1CCC(=O)O1)NC(=O)OC(C)(C)C)C(=O)NS(=O)(=O)C1CC1. The van der Waals surface area contributed by atoms with Crippen molar-refractivity contribution in [1.29, 1.82) is 0 Å². The molecule has 4 saturated carbocycles. The van der Waals surface area contributed by atoms with E-state index in [0.29, 0.717) is 47.9 Å². The molecule has 6 heterocycles. The lowest BCUT2D eigenvalue weighted by atomic mass is 10.1. The lowest BCUT2D eigenvalue weighted by Gasteiger charge is -2.30. The molecule has 0 spiro atoms. The van der Waals surface area contributed by atoms with Gasteiger partial charge in [0.1, 0.15) is 58.6 Å². The summed E-state index contributed by atoms with van der Waals surface area (Å²) in [6, 6.07) is 4.90. The third-order valence-corrected chi connectivity index (χ3v) is 23.3. The van der Waals surface area contributed by atoms with Gasteiger partial charge in [0.05, 0.1) is 43.2 Å². The van der Waals surface area contributed by atoms with Crippen LogP contribution in [0.2, 0.25) is 0 Å². The lowest BCUT2D eigenvalue weighted by molar-refractivity contribution is -0.148. The summed E-state index contributed by atoms with van der Waals surface area (Å²) in [7, 11) is -7.92. The third kappa shape index (κ3) is 17.0. The van der Waals surface area contributed by atoms with Crippen LogP contribution in [0.1, 0.15) is 126 Å². The molecule has 37 heteroatoms. The first-order chi connectivity index (χ1) is 49.1. The van der Waals surface area contributed by atoms with Crippen molar-refractivity contribution in [2.24, 2.45) is 11.8 Å². The number of amides is 11. The van der Waals surface area contributed by atoms with Gasteiger partial charge < -0.3 is 60.1 Å². The fraction of sp³-hybridized carbons (Fsp3) is 0.567. The number of hydrogen-bond donors (Lipinski definition) is 7. The van der Waals surface area contributed by atoms with Crippen LogP contribution >= 0.6 is 0 Å². The Labute approximate surface area is 596 Å². The number of halogens is 2. The molecule has 4 saturated heterocycles. The van der Waals surface area contributed by atoms with E-state index in [1.807, 2.05) is 0 Å². The van der Waals surface area contributed by atoms with Gasteiger partial charge in [-0.25, -0.2) is 40.0 Å². The van der Waals surface area contributed by atoms with Gasteiger partial charge in [0.25, 0.3) is 23.6 Å². The van der Waals surface area contributed by atoms with E-state index < -0.39 is 197 Å². The zero-order valence-electron chi connectivity index (χ0n) is 57.1. The molecule has 0 unspecified atom stereocenters. The minimum atomic E-state index is -3.99. The summed E-state index contributed by atoms with van der Waals surface area (Å²) in [5, 5.41) is 11.3. The first kappa shape index (κ1) is 75.4. The summed E-state index contributed by atoms with van der Waals surface area (Å²) in [5.74, 6) is -9.61. The number of nitrogens with one attached hydrogen (secondary N) is 7. The molecule has 10 aliphatic rings. The number of sulfonamides is 2. The smallest absolute Gasteiger partial charge is 0.410 e. The summed E-state index contributed by atoms with van der Waals surface area (Å²) in [6.07, 6.45) is -2.41. The highest BCUT2D eigenvalue weighted by atomic mass is 32.2. The van der Waals surface area contributed by atoms with Crippen LogP contribution in [0.3, 0.4) is 0 Å². The van der Waals surface area contributed by atoms with Crippen molar-refractivity contribution in [3.8, 4) is 0 Å². The standard InChI is InChI=1S/C37H47FN6O12S.C30H34FN5O10S/c1-5-21-16-37(21,33(49)42-57(52,53)23-9-10-23)41-30(46)27-15-22(54-35(51)43-17-20-7-6-8-25(38)24(20)19-43)18-44(27)32(48)26(40-34(50)56-36(2,3)4)13-14-39-31(47)28-11-12-29(45)55-28;1-2-17-11-30(17,28(41)34-47(43,44)19-6-7-19)33-26(39)22-10-18(45-29(42)35-13-16-4-3-5-21(31)20(16)15-35)14-36(22)24(37)12-32-27(40)23-8-9-25(38)46-23/h5-8,21-23,26-28H,1,9-19H2,2-4H3,(H,39,47)(H,40,50)(H,41,46)(H,42,49);2-5,17-19,22-23H,1,6-15H2,(H,32,40)(H,33,39)(H,34,41)/t21-,22+,26-,27-,28-,37+;17-,18-,22+,23-,30-/m01/s1. The van der Waals surface area contributed by atoms with Crippen LogP contribution in [0.15, 0.2) is 61.7 Å². The first-order valence-corrected chi connectivity index (χ1v) is 37.2. The fourth-order valence-electron chi connectivity index (χ4n) is 13.4. The van der Waals surface area contributed by atoms with Crippen molar-refractivity contribution in [3.05, 3.63) is 95.6 Å². The van der Waals surface area contributed by atoms with E-state index in [4.69, 9.17) is 23.7 Å². The number of fused-ring (bicyclic) bond motifs is 2. The van der Waals surface area contributed by atoms with Gasteiger partial charge in [0, 0.05) is 81.1 Å². The van der Waals surface area contributed by atoms with Gasteiger partial charge in [0.2, 0.25) is 43.7 Å². The number of hydrogen-bond acceptors (Lipinski definition) is 22. The predicted octanol–water partition coefficient (Wildman–Crippen LogP) is 0.760. The Hall–Kier alpha value is -9.81. The molecule has 11 amide bonds. The van der Waals surface area contributed by atoms with Gasteiger partial charge in [0.15, 0.2) is 12.2 Å². The summed E-state index contributed by atoms with van der Waals surface area (Å²) < 4.78 is 110. The summed E-state index contributed by atoms with van der Waals surface area (Å²) in [6.45, 7) is 10.9. The highest BCUT2D eigenvalue weighted by Gasteiger charge is 2.64. The number of esters is 2. The van der Waals surface area contributed by atoms with E-state index in [1.165, 1.54) is 46.2 Å². The zero-order chi connectivity index (χ0) is 75.1. The highest BCUT2D eigenvalue weighted by molar-refractivity contribution is 7.91. The van der Waals surface area contributed by atoms with Gasteiger partial charge >= 0.3 is 30.2 Å². The maximum absolute atomic E-state index is 14.5. The Balaban J connectivity index is 0.000000212. The molecule has 7 N–H and O–H groups in total. The van der Waals surface area contributed by atoms with Gasteiger partial charge in [-0.15, -0.1) is 13.2 Å². The lowest BCUT2D eigenvalue weighted by Crippen LogP contribution is -2.58. The summed E-state index contributed by atoms with van der Waals surface area (Å²) in [5.41, 5.74) is -2.37. The van der Waals surface area contributed by atoms with Gasteiger partial charge in [-0.05, 0) is 89.0 Å². The van der Waals surface area contributed by atoms with Crippen LogP contribution in [0.25, 0.3) is 0 Å². The highest BCUT2D eigenvalue weighted by Crippen LogP contribution is 2.47. The second kappa shape index (κ2) is 29.7. The second-order valence-electron chi connectivity index (χ2n) is 28.4. The van der Waals surface area contributed by atoms with E-state index in [-0.39, 0.29) is 104 Å². The van der Waals surface area contributed by atoms with Crippen LogP contribution in [-0.2, 0) is 118 Å². The molecule has 104 heavy (non-hydrogen) atoms. The van der Waals surface area contributed by atoms with Gasteiger partial charge in [-0.1, -0.05) is 36.4 Å². The zero-order valence-corrected chi connectivity index (χ0v) is 58.7. The number of rotatable bonds is 23. The average Bonchev–Trinajstić information content (AvgIpc) is 1.58. The number of nitrogens with zero attached hydrogens (tertiary/aromatic N) is 4. The molecule has 562 valence electrons. The molecule has 0 aromatic heterocycles. The number of cyclic esters (lactones) is 2. The second-order valence-corrected chi connectivity index (χ2v) is 32.3. The maximum atomic E-state index is 14.5. The number of likely N-dealkylation sites (tertiary alicyclic amines) is 2. The number of benzene rings is 2. The van der Waals surface area contributed by atoms with Crippen LogP contribution in [0, 0.1) is 23.5 Å². The number of carbonyl (C=O) groups is 13. The van der Waals surface area contributed by atoms with Crippen LogP contribution in [0.4, 0.5) is 23.2 Å². The van der Waals surface area contributed by atoms with E-state index in [2.05, 4.69) is 49.2 Å². The molecule has 11 atom stereocenters. The molecule has 33 nitrogen and oxygen atoms in total. The molecule has 12 rings (SSSR count). The molecule has 0 bridgehead atoms. The van der Waals surface area contributed by atoms with Crippen molar-refractivity contribution < 1.29 is 112 Å². The molecule has 2 aromatic carbocycles. The molecule has 4 aliphatic carbocycles. The predicted molar refractivity (Wildman–Crippen MR) is 353 cm³/mol. The Morgan fingerprint density at radius 2 is 1.07 bits per heavy atom. The molecule has 2 aromatic rings. The maximum Gasteiger partial charge on any atom is 0.410 e. The molecule has 6 aliphatic heterocycles. The van der Waals surface area contributed by atoms with Crippen LogP contribution < -0.4 is 36.0 Å². The topological polar surface area (TPSA) is 434 Å². The number of alkyl carbamates (subject to hydrolysis) is 1. The van der Waals surface area contributed by atoms with Gasteiger partial charge in [-0.2, -0.15) is 0 Å². The van der Waals surface area contributed by atoms with Crippen molar-refractivity contribution >= 4 is 97.5 Å². The van der Waals surface area contributed by atoms with E-state index in [1.54, 1.807) is 32.9 Å². The molecular weight excluding hydrogens is 1410 g/mol. The van der Waals surface area contributed by atoms with E-state index >= 15 is 0 Å². The van der Waals surface area contributed by atoms with E-state index in [9.17, 15) is 87.9 Å². The number of carbonyl (C=O) groups excluding carboxylic acids is 13. The number of ether oxygens (including phenoxy) is 5. The van der Waals surface area contributed by atoms with Crippen molar-refractivity contribution in [2.75, 3.05) is 26.2 Å². The summed E-state index contributed by atoms with van der Waals surface area (Å²) >= 11 is 0. The largest absolute Gasteiger partial charge is 0.452 e. The van der Waals surface area contributed by atoms with Crippen molar-refractivity contribution in [3.63, 3.8) is 0 Å². The van der Waals surface area contributed by atoms with E-state index in [0.717, 1.165) is 9.80 Å². The average molecular weight is 1490 g/mol. The summed E-state index contributed by atoms with van der Waals surface area (Å²) in [4.78, 5) is 175. The van der Waals surface area contributed by atoms with Crippen LogP contribution in [0.5, 0.6) is 0 Å². The first-order valence-electron chi connectivity index (χ1n) is 34.1. The molecule has 8 fully saturated rings. The van der Waals surface area contributed by atoms with Gasteiger partial charge in [-0.3, -0.25) is 67.2 Å². The Morgan fingerprint density at radius 1 is 0.625 bits per heavy atom. The Kier molecular flexibility index (Phi) is 21.5. The van der Waals surface area contributed by atoms with Crippen molar-refractivity contribution in [1.82, 2.24) is 55.6 Å². The molecule has 0 radical (unpaired) electrons. The molecular formula is C67H81F2N11O22S2. The Bertz CT molecular complexity index is 4150. The Morgan fingerprint density at radius 3 is 1.47 bits per heavy atom.